The molecule has 1 aliphatic carbocycles. The van der Waals surface area contributed by atoms with Crippen molar-refractivity contribution in [3.8, 4) is 0 Å². The third-order valence-corrected chi connectivity index (χ3v) is 3.79. The second-order valence-electron chi connectivity index (χ2n) is 4.84. The predicted molar refractivity (Wildman–Crippen MR) is 59.3 cm³/mol. The molecule has 17 heavy (non-hydrogen) atoms. The largest absolute Gasteiger partial charge is 0.480 e. The Bertz CT molecular complexity index is 321. The zero-order valence-corrected chi connectivity index (χ0v) is 9.63. The molecule has 0 spiro atoms. The van der Waals surface area contributed by atoms with Gasteiger partial charge in [-0.05, 0) is 25.2 Å². The van der Waals surface area contributed by atoms with Crippen LogP contribution in [0.25, 0.3) is 0 Å². The molecule has 3 N–H and O–H groups in total. The minimum atomic E-state index is -0.964. The second kappa shape index (κ2) is 5.01. The molecule has 0 aromatic carbocycles. The highest BCUT2D eigenvalue weighted by atomic mass is 16.4. The molecule has 2 fully saturated rings. The Kier molecular flexibility index (Phi) is 3.63. The van der Waals surface area contributed by atoms with Crippen molar-refractivity contribution in [3.63, 3.8) is 0 Å². The summed E-state index contributed by atoms with van der Waals surface area (Å²) in [5.41, 5.74) is 2.76. The first-order valence-electron chi connectivity index (χ1n) is 6.06. The number of nitrogens with zero attached hydrogens (tertiary/aromatic N) is 1. The van der Waals surface area contributed by atoms with Crippen LogP contribution in [0.4, 0.5) is 0 Å². The van der Waals surface area contributed by atoms with Gasteiger partial charge < -0.3 is 10.2 Å². The summed E-state index contributed by atoms with van der Waals surface area (Å²) in [7, 11) is 0. The van der Waals surface area contributed by atoms with Crippen molar-refractivity contribution < 1.29 is 19.8 Å². The lowest BCUT2D eigenvalue weighted by molar-refractivity contribution is -0.146. The van der Waals surface area contributed by atoms with E-state index in [1.54, 1.807) is 5.01 Å². The van der Waals surface area contributed by atoms with Crippen molar-refractivity contribution in [2.45, 2.75) is 44.2 Å². The van der Waals surface area contributed by atoms with Gasteiger partial charge in [0, 0.05) is 6.04 Å². The number of carboxylic acid groups (broad SMARTS) is 2. The standard InChI is InChI=1S/C11H18N2O4/c14-10(15)6-12-13-8-4-2-1-3-7(8)5-9(13)11(16)17/h7-9,12H,1-6H2,(H,14,15)(H,16,17). The van der Waals surface area contributed by atoms with Crippen molar-refractivity contribution in [2.24, 2.45) is 5.92 Å². The van der Waals surface area contributed by atoms with Gasteiger partial charge in [0.25, 0.3) is 0 Å². The minimum Gasteiger partial charge on any atom is -0.480 e. The van der Waals surface area contributed by atoms with Gasteiger partial charge in [-0.15, -0.1) is 0 Å². The van der Waals surface area contributed by atoms with Crippen LogP contribution < -0.4 is 5.43 Å². The Hall–Kier alpha value is -1.14. The molecular formula is C11H18N2O4. The fraction of sp³-hybridized carbons (Fsp3) is 0.818. The van der Waals surface area contributed by atoms with E-state index in [0.717, 1.165) is 25.7 Å². The minimum absolute atomic E-state index is 0.184. The Balaban J connectivity index is 2.06. The Labute approximate surface area is 99.6 Å². The van der Waals surface area contributed by atoms with Gasteiger partial charge in [0.2, 0.25) is 0 Å². The molecule has 1 saturated carbocycles. The zero-order chi connectivity index (χ0) is 12.4. The number of carboxylic acids is 2. The Morgan fingerprint density at radius 1 is 1.24 bits per heavy atom. The van der Waals surface area contributed by atoms with Crippen LogP contribution in [0, 0.1) is 5.92 Å². The smallest absolute Gasteiger partial charge is 0.322 e. The van der Waals surface area contributed by atoms with Crippen LogP contribution in [0.2, 0.25) is 0 Å². The SMILES string of the molecule is O=C(O)CNN1C(C(=O)O)CC2CCCCC21. The number of hydrazine groups is 1. The average molecular weight is 242 g/mol. The van der Waals surface area contributed by atoms with Crippen molar-refractivity contribution in [3.05, 3.63) is 0 Å². The average Bonchev–Trinajstić information content (AvgIpc) is 2.65. The number of aliphatic carboxylic acids is 2. The molecule has 0 radical (unpaired) electrons. The third kappa shape index (κ3) is 2.58. The topological polar surface area (TPSA) is 89.9 Å². The lowest BCUT2D eigenvalue weighted by atomic mass is 9.85. The van der Waals surface area contributed by atoms with E-state index in [0.29, 0.717) is 12.3 Å². The van der Waals surface area contributed by atoms with E-state index in [1.807, 2.05) is 0 Å². The van der Waals surface area contributed by atoms with Crippen LogP contribution in [0.5, 0.6) is 0 Å². The zero-order valence-electron chi connectivity index (χ0n) is 9.63. The molecule has 0 aromatic heterocycles. The molecule has 1 saturated heterocycles. The molecule has 1 aliphatic heterocycles. The van der Waals surface area contributed by atoms with Crippen molar-refractivity contribution in [1.82, 2.24) is 10.4 Å². The van der Waals surface area contributed by atoms with Crippen LogP contribution >= 0.6 is 0 Å². The van der Waals surface area contributed by atoms with Gasteiger partial charge >= 0.3 is 11.9 Å². The van der Waals surface area contributed by atoms with Crippen LogP contribution in [-0.2, 0) is 9.59 Å². The summed E-state index contributed by atoms with van der Waals surface area (Å²) in [5, 5.41) is 19.5. The van der Waals surface area contributed by atoms with Gasteiger partial charge in [-0.2, -0.15) is 0 Å². The van der Waals surface area contributed by atoms with E-state index in [-0.39, 0.29) is 12.6 Å². The van der Waals surface area contributed by atoms with Crippen molar-refractivity contribution in [1.29, 1.82) is 0 Å². The summed E-state index contributed by atoms with van der Waals surface area (Å²) in [6.45, 7) is -0.215. The van der Waals surface area contributed by atoms with Gasteiger partial charge in [-0.1, -0.05) is 12.8 Å². The molecule has 96 valence electrons. The molecule has 2 aliphatic rings. The Morgan fingerprint density at radius 3 is 2.59 bits per heavy atom. The summed E-state index contributed by atoms with van der Waals surface area (Å²) in [5.74, 6) is -1.43. The molecule has 1 heterocycles. The van der Waals surface area contributed by atoms with Gasteiger partial charge in [0.15, 0.2) is 0 Å². The van der Waals surface area contributed by atoms with Gasteiger partial charge in [-0.3, -0.25) is 9.59 Å². The van der Waals surface area contributed by atoms with E-state index >= 15 is 0 Å². The van der Waals surface area contributed by atoms with Gasteiger partial charge in [-0.25, -0.2) is 10.4 Å². The first kappa shape index (κ1) is 12.3. The monoisotopic (exact) mass is 242 g/mol. The number of hydrogen-bond acceptors (Lipinski definition) is 4. The Morgan fingerprint density at radius 2 is 1.94 bits per heavy atom. The lowest BCUT2D eigenvalue weighted by Crippen LogP contribution is -2.52. The van der Waals surface area contributed by atoms with E-state index in [2.05, 4.69) is 5.43 Å². The van der Waals surface area contributed by atoms with E-state index in [4.69, 9.17) is 10.2 Å². The molecule has 6 heteroatoms. The highest BCUT2D eigenvalue weighted by molar-refractivity contribution is 5.74. The molecule has 3 unspecified atom stereocenters. The van der Waals surface area contributed by atoms with Crippen LogP contribution in [0.3, 0.4) is 0 Å². The van der Waals surface area contributed by atoms with Crippen LogP contribution in [0.1, 0.15) is 32.1 Å². The number of fused-ring (bicyclic) bond motifs is 1. The first-order valence-corrected chi connectivity index (χ1v) is 6.06. The fourth-order valence-corrected chi connectivity index (χ4v) is 3.07. The summed E-state index contributed by atoms with van der Waals surface area (Å²) in [6, 6.07) is -0.397. The summed E-state index contributed by atoms with van der Waals surface area (Å²) < 4.78 is 0. The molecule has 2 rings (SSSR count). The molecule has 3 atom stereocenters. The maximum absolute atomic E-state index is 11.2. The van der Waals surface area contributed by atoms with E-state index in [1.165, 1.54) is 0 Å². The fourth-order valence-electron chi connectivity index (χ4n) is 3.07. The maximum Gasteiger partial charge on any atom is 0.322 e. The predicted octanol–water partition coefficient (Wildman–Crippen LogP) is 0.293. The van der Waals surface area contributed by atoms with Crippen LogP contribution in [0.15, 0.2) is 0 Å². The van der Waals surface area contributed by atoms with Crippen molar-refractivity contribution in [2.75, 3.05) is 6.54 Å². The number of rotatable bonds is 4. The lowest BCUT2D eigenvalue weighted by Gasteiger charge is -2.32. The maximum atomic E-state index is 11.2. The molecule has 0 bridgehead atoms. The molecule has 0 aromatic rings. The van der Waals surface area contributed by atoms with Gasteiger partial charge in [0.1, 0.15) is 12.6 Å². The molecule has 6 nitrogen and oxygen atoms in total. The summed E-state index contributed by atoms with van der Waals surface area (Å²) in [4.78, 5) is 21.7. The third-order valence-electron chi connectivity index (χ3n) is 3.79. The summed E-state index contributed by atoms with van der Waals surface area (Å²) >= 11 is 0. The number of carbonyl (C=O) groups is 2. The van der Waals surface area contributed by atoms with E-state index in [9.17, 15) is 9.59 Å². The highest BCUT2D eigenvalue weighted by Gasteiger charge is 2.45. The molecule has 0 amide bonds. The van der Waals surface area contributed by atoms with E-state index < -0.39 is 18.0 Å². The van der Waals surface area contributed by atoms with Crippen molar-refractivity contribution >= 4 is 11.9 Å². The number of nitrogens with one attached hydrogen (secondary N) is 1. The second-order valence-corrected chi connectivity index (χ2v) is 4.84. The normalized spacial score (nSPS) is 33.3. The summed E-state index contributed by atoms with van der Waals surface area (Å²) in [6.07, 6.45) is 4.90. The molecular weight excluding hydrogens is 224 g/mol. The highest BCUT2D eigenvalue weighted by Crippen LogP contribution is 2.38. The van der Waals surface area contributed by atoms with Gasteiger partial charge in [0.05, 0.1) is 0 Å². The quantitative estimate of drug-likeness (QED) is 0.656. The number of hydrogen-bond donors (Lipinski definition) is 3. The van der Waals surface area contributed by atoms with Crippen LogP contribution in [-0.4, -0.2) is 45.8 Å². The first-order chi connectivity index (χ1) is 8.09.